The predicted molar refractivity (Wildman–Crippen MR) is 48.8 cm³/mol. The average Bonchev–Trinajstić information content (AvgIpc) is 2.09. The first-order valence-electron chi connectivity index (χ1n) is 4.93. The van der Waals surface area contributed by atoms with Crippen molar-refractivity contribution >= 4 is 6.08 Å². The van der Waals surface area contributed by atoms with Crippen molar-refractivity contribution in [2.24, 2.45) is 10.9 Å². The van der Waals surface area contributed by atoms with E-state index in [0.29, 0.717) is 0 Å². The Kier molecular flexibility index (Phi) is 4.02. The molecular formula is C10H17NO. The fourth-order valence-corrected chi connectivity index (χ4v) is 2.05. The van der Waals surface area contributed by atoms with Crippen LogP contribution in [-0.4, -0.2) is 12.1 Å². The highest BCUT2D eigenvalue weighted by Crippen LogP contribution is 2.28. The van der Waals surface area contributed by atoms with Crippen molar-refractivity contribution in [1.29, 1.82) is 0 Å². The van der Waals surface area contributed by atoms with E-state index in [2.05, 4.69) is 11.9 Å². The van der Waals surface area contributed by atoms with Gasteiger partial charge in [-0.1, -0.05) is 19.8 Å². The molecule has 2 nitrogen and oxygen atoms in total. The number of nitrogens with zero attached hydrogens (tertiary/aromatic N) is 1. The average molecular weight is 167 g/mol. The van der Waals surface area contributed by atoms with Crippen molar-refractivity contribution in [2.45, 2.75) is 51.5 Å². The van der Waals surface area contributed by atoms with Crippen molar-refractivity contribution in [3.63, 3.8) is 0 Å². The molecule has 0 spiro atoms. The van der Waals surface area contributed by atoms with Gasteiger partial charge in [-0.25, -0.2) is 9.79 Å². The fraction of sp³-hybridized carbons (Fsp3) is 0.900. The summed E-state index contributed by atoms with van der Waals surface area (Å²) in [4.78, 5) is 13.8. The monoisotopic (exact) mass is 167 g/mol. The van der Waals surface area contributed by atoms with Crippen LogP contribution in [0.4, 0.5) is 0 Å². The summed E-state index contributed by atoms with van der Waals surface area (Å²) in [6, 6.07) is 0.288. The summed E-state index contributed by atoms with van der Waals surface area (Å²) < 4.78 is 0. The molecule has 0 radical (unpaired) electrons. The van der Waals surface area contributed by atoms with Crippen LogP contribution in [0, 0.1) is 5.92 Å². The third-order valence-corrected chi connectivity index (χ3v) is 2.75. The van der Waals surface area contributed by atoms with Crippen molar-refractivity contribution in [2.75, 3.05) is 0 Å². The highest BCUT2D eigenvalue weighted by atomic mass is 16.1. The highest BCUT2D eigenvalue weighted by molar-refractivity contribution is 5.33. The summed E-state index contributed by atoms with van der Waals surface area (Å²) in [7, 11) is 0. The molecular weight excluding hydrogens is 150 g/mol. The zero-order valence-electron chi connectivity index (χ0n) is 7.75. The van der Waals surface area contributed by atoms with Gasteiger partial charge in [0.05, 0.1) is 6.04 Å². The minimum absolute atomic E-state index is 0.288. The van der Waals surface area contributed by atoms with Crippen LogP contribution in [0.2, 0.25) is 0 Å². The van der Waals surface area contributed by atoms with E-state index in [9.17, 15) is 4.79 Å². The van der Waals surface area contributed by atoms with Gasteiger partial charge in [-0.05, 0) is 31.6 Å². The summed E-state index contributed by atoms with van der Waals surface area (Å²) in [5, 5.41) is 0. The molecule has 0 aromatic rings. The van der Waals surface area contributed by atoms with E-state index in [1.165, 1.54) is 25.7 Å². The molecule has 0 heterocycles. The van der Waals surface area contributed by atoms with Gasteiger partial charge in [-0.3, -0.25) is 0 Å². The van der Waals surface area contributed by atoms with E-state index in [0.717, 1.165) is 18.8 Å². The number of aliphatic imine (C=N–C) groups is 1. The van der Waals surface area contributed by atoms with Gasteiger partial charge in [-0.2, -0.15) is 0 Å². The Labute approximate surface area is 74.1 Å². The molecule has 1 saturated carbocycles. The summed E-state index contributed by atoms with van der Waals surface area (Å²) in [6.45, 7) is 2.23. The molecule has 0 N–H and O–H groups in total. The molecule has 0 aliphatic heterocycles. The molecule has 1 aliphatic rings. The molecule has 2 heteroatoms. The van der Waals surface area contributed by atoms with E-state index in [1.807, 2.05) is 0 Å². The van der Waals surface area contributed by atoms with E-state index in [4.69, 9.17) is 0 Å². The van der Waals surface area contributed by atoms with Crippen LogP contribution in [-0.2, 0) is 4.79 Å². The second-order valence-electron chi connectivity index (χ2n) is 3.68. The van der Waals surface area contributed by atoms with Crippen molar-refractivity contribution in [3.8, 4) is 0 Å². The van der Waals surface area contributed by atoms with Gasteiger partial charge in [-0.15, -0.1) is 0 Å². The van der Waals surface area contributed by atoms with Gasteiger partial charge in [0.1, 0.15) is 0 Å². The van der Waals surface area contributed by atoms with E-state index in [1.54, 1.807) is 6.08 Å². The van der Waals surface area contributed by atoms with E-state index < -0.39 is 0 Å². The van der Waals surface area contributed by atoms with Gasteiger partial charge in [0.15, 0.2) is 0 Å². The smallest absolute Gasteiger partial charge is 0.211 e. The molecule has 0 amide bonds. The molecule has 1 aliphatic carbocycles. The van der Waals surface area contributed by atoms with E-state index in [-0.39, 0.29) is 6.04 Å². The molecule has 0 aromatic heterocycles. The second kappa shape index (κ2) is 5.10. The summed E-state index contributed by atoms with van der Waals surface area (Å²) >= 11 is 0. The Bertz CT molecular complexity index is 165. The molecule has 0 aromatic carbocycles. The highest BCUT2D eigenvalue weighted by Gasteiger charge is 2.19. The Balaban J connectivity index is 2.24. The zero-order valence-corrected chi connectivity index (χ0v) is 7.75. The number of carbonyl (C=O) groups excluding carboxylic acids is 1. The Morgan fingerprint density at radius 2 is 2.00 bits per heavy atom. The van der Waals surface area contributed by atoms with Gasteiger partial charge >= 0.3 is 0 Å². The van der Waals surface area contributed by atoms with Crippen molar-refractivity contribution in [1.82, 2.24) is 0 Å². The lowest BCUT2D eigenvalue weighted by Gasteiger charge is -2.24. The third kappa shape index (κ3) is 2.78. The third-order valence-electron chi connectivity index (χ3n) is 2.75. The fourth-order valence-electron chi connectivity index (χ4n) is 2.05. The quantitative estimate of drug-likeness (QED) is 0.469. The number of hydrogen-bond acceptors (Lipinski definition) is 2. The number of hydrogen-bond donors (Lipinski definition) is 0. The van der Waals surface area contributed by atoms with Crippen LogP contribution in [0.5, 0.6) is 0 Å². The van der Waals surface area contributed by atoms with Crippen LogP contribution >= 0.6 is 0 Å². The topological polar surface area (TPSA) is 29.4 Å². The molecule has 1 fully saturated rings. The minimum Gasteiger partial charge on any atom is -0.211 e. The molecule has 0 unspecified atom stereocenters. The molecule has 1 rings (SSSR count). The largest absolute Gasteiger partial charge is 0.235 e. The lowest BCUT2D eigenvalue weighted by molar-refractivity contribution is 0.309. The molecule has 0 bridgehead atoms. The van der Waals surface area contributed by atoms with Crippen molar-refractivity contribution in [3.05, 3.63) is 0 Å². The predicted octanol–water partition coefficient (Wildman–Crippen LogP) is 2.68. The maximum absolute atomic E-state index is 9.99. The number of isocyanates is 1. The lowest BCUT2D eigenvalue weighted by atomic mass is 9.84. The standard InChI is InChI=1S/C10H17NO/c1-2-3-9-4-6-10(7-5-9)11-8-12/h9-10H,2-7H2,1H3. The van der Waals surface area contributed by atoms with E-state index >= 15 is 0 Å². The number of rotatable bonds is 3. The maximum atomic E-state index is 9.99. The zero-order chi connectivity index (χ0) is 8.81. The first-order chi connectivity index (χ1) is 5.86. The molecule has 68 valence electrons. The summed E-state index contributed by atoms with van der Waals surface area (Å²) in [5.41, 5.74) is 0. The summed E-state index contributed by atoms with van der Waals surface area (Å²) in [6.07, 6.45) is 8.99. The van der Waals surface area contributed by atoms with Crippen LogP contribution < -0.4 is 0 Å². The van der Waals surface area contributed by atoms with Gasteiger partial charge in [0.25, 0.3) is 0 Å². The van der Waals surface area contributed by atoms with Gasteiger partial charge < -0.3 is 0 Å². The van der Waals surface area contributed by atoms with Crippen LogP contribution in [0.1, 0.15) is 45.4 Å². The normalized spacial score (nSPS) is 29.4. The summed E-state index contributed by atoms with van der Waals surface area (Å²) in [5.74, 6) is 0.896. The van der Waals surface area contributed by atoms with Crippen LogP contribution in [0.3, 0.4) is 0 Å². The van der Waals surface area contributed by atoms with Crippen molar-refractivity contribution < 1.29 is 4.79 Å². The minimum atomic E-state index is 0.288. The molecule has 0 saturated heterocycles. The lowest BCUT2D eigenvalue weighted by Crippen LogP contribution is -2.16. The van der Waals surface area contributed by atoms with Gasteiger partial charge in [0, 0.05) is 0 Å². The van der Waals surface area contributed by atoms with Crippen LogP contribution in [0.15, 0.2) is 4.99 Å². The molecule has 12 heavy (non-hydrogen) atoms. The SMILES string of the molecule is CCCC1CCC(N=C=O)CC1. The second-order valence-corrected chi connectivity index (χ2v) is 3.68. The first-order valence-corrected chi connectivity index (χ1v) is 4.93. The Morgan fingerprint density at radius 1 is 1.33 bits per heavy atom. The maximum Gasteiger partial charge on any atom is 0.235 e. The van der Waals surface area contributed by atoms with Crippen LogP contribution in [0.25, 0.3) is 0 Å². The molecule has 0 atom stereocenters. The first kappa shape index (κ1) is 9.47. The Morgan fingerprint density at radius 3 is 2.50 bits per heavy atom. The van der Waals surface area contributed by atoms with Gasteiger partial charge in [0.2, 0.25) is 6.08 Å². The Hall–Kier alpha value is -0.620.